The Morgan fingerprint density at radius 1 is 1.53 bits per heavy atom. The molecule has 1 fully saturated rings. The lowest BCUT2D eigenvalue weighted by Gasteiger charge is -2.30. The van der Waals surface area contributed by atoms with Gasteiger partial charge in [0.25, 0.3) is 0 Å². The molecule has 1 heterocycles. The van der Waals surface area contributed by atoms with E-state index in [2.05, 4.69) is 5.43 Å². The van der Waals surface area contributed by atoms with Gasteiger partial charge in [0.05, 0.1) is 12.6 Å². The molecule has 3 nitrogen and oxygen atoms in total. The monoisotopic (exact) mass is 238 g/mol. The third-order valence-electron chi connectivity index (χ3n) is 3.41. The summed E-state index contributed by atoms with van der Waals surface area (Å²) in [6, 6.07) is 4.87. The molecule has 0 saturated carbocycles. The summed E-state index contributed by atoms with van der Waals surface area (Å²) in [5.41, 5.74) is 4.83. The molecular weight excluding hydrogens is 219 g/mol. The van der Waals surface area contributed by atoms with Crippen LogP contribution in [-0.4, -0.2) is 13.2 Å². The van der Waals surface area contributed by atoms with Crippen LogP contribution in [0.4, 0.5) is 4.39 Å². The lowest BCUT2D eigenvalue weighted by atomic mass is 9.87. The van der Waals surface area contributed by atoms with Gasteiger partial charge in [-0.1, -0.05) is 6.07 Å². The van der Waals surface area contributed by atoms with Crippen LogP contribution in [-0.2, 0) is 4.74 Å². The van der Waals surface area contributed by atoms with Crippen molar-refractivity contribution in [2.45, 2.75) is 25.8 Å². The van der Waals surface area contributed by atoms with Gasteiger partial charge >= 0.3 is 0 Å². The van der Waals surface area contributed by atoms with E-state index in [9.17, 15) is 4.39 Å². The largest absolute Gasteiger partial charge is 0.381 e. The second-order valence-corrected chi connectivity index (χ2v) is 4.62. The van der Waals surface area contributed by atoms with Gasteiger partial charge in [-0.25, -0.2) is 4.39 Å². The Morgan fingerprint density at radius 3 is 2.94 bits per heavy atom. The first-order valence-electron chi connectivity index (χ1n) is 6.02. The SMILES string of the molecule is Cc1cc(F)ccc1C(NN)C1CCCOC1. The summed E-state index contributed by atoms with van der Waals surface area (Å²) < 4.78 is 18.6. The summed E-state index contributed by atoms with van der Waals surface area (Å²) in [7, 11) is 0. The van der Waals surface area contributed by atoms with Crippen molar-refractivity contribution >= 4 is 0 Å². The van der Waals surface area contributed by atoms with Crippen LogP contribution in [0.5, 0.6) is 0 Å². The molecule has 2 unspecified atom stereocenters. The van der Waals surface area contributed by atoms with E-state index < -0.39 is 0 Å². The molecule has 1 aromatic rings. The second-order valence-electron chi connectivity index (χ2n) is 4.62. The first kappa shape index (κ1) is 12.5. The fraction of sp³-hybridized carbons (Fsp3) is 0.538. The van der Waals surface area contributed by atoms with E-state index in [-0.39, 0.29) is 11.9 Å². The number of ether oxygens (including phenoxy) is 1. The molecule has 1 aliphatic heterocycles. The van der Waals surface area contributed by atoms with Crippen molar-refractivity contribution in [2.75, 3.05) is 13.2 Å². The Morgan fingerprint density at radius 2 is 2.35 bits per heavy atom. The van der Waals surface area contributed by atoms with Crippen LogP contribution in [0.1, 0.15) is 30.0 Å². The smallest absolute Gasteiger partial charge is 0.123 e. The van der Waals surface area contributed by atoms with E-state index in [1.54, 1.807) is 6.07 Å². The first-order valence-corrected chi connectivity index (χ1v) is 6.02. The Labute approximate surface area is 101 Å². The van der Waals surface area contributed by atoms with Crippen molar-refractivity contribution in [1.29, 1.82) is 0 Å². The van der Waals surface area contributed by atoms with Gasteiger partial charge in [0.2, 0.25) is 0 Å². The molecule has 2 rings (SSSR count). The molecular formula is C13H19FN2O. The van der Waals surface area contributed by atoms with Crippen LogP contribution >= 0.6 is 0 Å². The molecule has 1 aliphatic rings. The maximum Gasteiger partial charge on any atom is 0.123 e. The highest BCUT2D eigenvalue weighted by atomic mass is 19.1. The Hall–Kier alpha value is -0.970. The number of nitrogens with one attached hydrogen (secondary N) is 1. The standard InChI is InChI=1S/C13H19FN2O/c1-9-7-11(14)4-5-12(9)13(16-15)10-3-2-6-17-8-10/h4-5,7,10,13,16H,2-3,6,8,15H2,1H3. The van der Waals surface area contributed by atoms with Gasteiger partial charge in [0.1, 0.15) is 5.82 Å². The number of aryl methyl sites for hydroxylation is 1. The van der Waals surface area contributed by atoms with Crippen LogP contribution in [0.3, 0.4) is 0 Å². The Kier molecular flexibility index (Phi) is 4.10. The van der Waals surface area contributed by atoms with Crippen molar-refractivity contribution in [3.05, 3.63) is 35.1 Å². The number of nitrogens with two attached hydrogens (primary N) is 1. The van der Waals surface area contributed by atoms with Crippen molar-refractivity contribution in [3.8, 4) is 0 Å². The molecule has 94 valence electrons. The molecule has 1 saturated heterocycles. The van der Waals surface area contributed by atoms with Crippen LogP contribution in [0.15, 0.2) is 18.2 Å². The van der Waals surface area contributed by atoms with Gasteiger partial charge < -0.3 is 4.74 Å². The Bertz CT molecular complexity index is 378. The average Bonchev–Trinajstić information content (AvgIpc) is 2.34. The predicted octanol–water partition coefficient (Wildman–Crippen LogP) is 2.07. The fourth-order valence-corrected chi connectivity index (χ4v) is 2.50. The van der Waals surface area contributed by atoms with Crippen molar-refractivity contribution < 1.29 is 9.13 Å². The van der Waals surface area contributed by atoms with E-state index >= 15 is 0 Å². The summed E-state index contributed by atoms with van der Waals surface area (Å²) in [6.45, 7) is 3.45. The van der Waals surface area contributed by atoms with Crippen LogP contribution in [0.2, 0.25) is 0 Å². The number of hydrazine groups is 1. The molecule has 0 aliphatic carbocycles. The zero-order chi connectivity index (χ0) is 12.3. The highest BCUT2D eigenvalue weighted by Crippen LogP contribution is 2.30. The molecule has 0 bridgehead atoms. The lowest BCUT2D eigenvalue weighted by Crippen LogP contribution is -2.37. The summed E-state index contributed by atoms with van der Waals surface area (Å²) in [5, 5.41) is 0. The Balaban J connectivity index is 2.21. The molecule has 3 N–H and O–H groups in total. The van der Waals surface area contributed by atoms with Gasteiger partial charge in [0, 0.05) is 12.5 Å². The number of halogens is 1. The van der Waals surface area contributed by atoms with E-state index in [1.165, 1.54) is 6.07 Å². The van der Waals surface area contributed by atoms with Crippen LogP contribution in [0.25, 0.3) is 0 Å². The summed E-state index contributed by atoms with van der Waals surface area (Å²) in [6.07, 6.45) is 2.15. The van der Waals surface area contributed by atoms with Crippen LogP contribution in [0, 0.1) is 18.7 Å². The fourth-order valence-electron chi connectivity index (χ4n) is 2.50. The maximum atomic E-state index is 13.1. The highest BCUT2D eigenvalue weighted by molar-refractivity contribution is 5.30. The topological polar surface area (TPSA) is 47.3 Å². The van der Waals surface area contributed by atoms with E-state index in [4.69, 9.17) is 10.6 Å². The minimum absolute atomic E-state index is 0.0379. The maximum absolute atomic E-state index is 13.1. The lowest BCUT2D eigenvalue weighted by molar-refractivity contribution is 0.0389. The summed E-state index contributed by atoms with van der Waals surface area (Å²) in [5.74, 6) is 5.80. The van der Waals surface area contributed by atoms with Gasteiger partial charge in [0.15, 0.2) is 0 Å². The van der Waals surface area contributed by atoms with Gasteiger partial charge in [-0.15, -0.1) is 0 Å². The zero-order valence-electron chi connectivity index (χ0n) is 10.1. The minimum Gasteiger partial charge on any atom is -0.381 e. The number of hydrogen-bond donors (Lipinski definition) is 2. The molecule has 1 aromatic carbocycles. The molecule has 4 heteroatoms. The first-order chi connectivity index (χ1) is 8.22. The third kappa shape index (κ3) is 2.83. The summed E-state index contributed by atoms with van der Waals surface area (Å²) >= 11 is 0. The molecule has 0 amide bonds. The van der Waals surface area contributed by atoms with E-state index in [0.29, 0.717) is 12.5 Å². The molecule has 17 heavy (non-hydrogen) atoms. The van der Waals surface area contributed by atoms with Crippen molar-refractivity contribution in [3.63, 3.8) is 0 Å². The number of benzene rings is 1. The number of hydrogen-bond acceptors (Lipinski definition) is 3. The van der Waals surface area contributed by atoms with Crippen molar-refractivity contribution in [1.82, 2.24) is 5.43 Å². The highest BCUT2D eigenvalue weighted by Gasteiger charge is 2.25. The third-order valence-corrected chi connectivity index (χ3v) is 3.41. The number of rotatable bonds is 3. The molecule has 0 spiro atoms. The van der Waals surface area contributed by atoms with Gasteiger partial charge in [-0.2, -0.15) is 0 Å². The summed E-state index contributed by atoms with van der Waals surface area (Å²) in [4.78, 5) is 0. The molecule has 0 radical (unpaired) electrons. The minimum atomic E-state index is -0.207. The average molecular weight is 238 g/mol. The zero-order valence-corrected chi connectivity index (χ0v) is 10.1. The molecule has 0 aromatic heterocycles. The van der Waals surface area contributed by atoms with Gasteiger partial charge in [-0.05, 0) is 43.0 Å². The quantitative estimate of drug-likeness (QED) is 0.626. The normalized spacial score (nSPS) is 22.4. The van der Waals surface area contributed by atoms with Gasteiger partial charge in [-0.3, -0.25) is 11.3 Å². The van der Waals surface area contributed by atoms with E-state index in [1.807, 2.05) is 13.0 Å². The van der Waals surface area contributed by atoms with Crippen molar-refractivity contribution in [2.24, 2.45) is 11.8 Å². The second kappa shape index (κ2) is 5.58. The molecule has 2 atom stereocenters. The predicted molar refractivity (Wildman–Crippen MR) is 64.7 cm³/mol. The van der Waals surface area contributed by atoms with E-state index in [0.717, 1.165) is 30.6 Å². The van der Waals surface area contributed by atoms with Crippen LogP contribution < -0.4 is 11.3 Å².